The van der Waals surface area contributed by atoms with Gasteiger partial charge >= 0.3 is 0 Å². The number of alkyl halides is 1. The fraction of sp³-hybridized carbons (Fsp3) is 0.562. The Morgan fingerprint density at radius 2 is 2.05 bits per heavy atom. The fourth-order valence-electron chi connectivity index (χ4n) is 2.65. The van der Waals surface area contributed by atoms with Crippen molar-refractivity contribution in [1.29, 1.82) is 0 Å². The van der Waals surface area contributed by atoms with Crippen molar-refractivity contribution >= 4 is 17.5 Å². The van der Waals surface area contributed by atoms with E-state index in [2.05, 4.69) is 31.3 Å². The molecular formula is C16H22ClNO. The van der Waals surface area contributed by atoms with E-state index >= 15 is 0 Å². The average molecular weight is 280 g/mol. The third-order valence-corrected chi connectivity index (χ3v) is 4.12. The largest absolute Gasteiger partial charge is 0.349 e. The number of aryl methyl sites for hydroxylation is 2. The Hall–Kier alpha value is -1.02. The van der Waals surface area contributed by atoms with Crippen molar-refractivity contribution in [3.63, 3.8) is 0 Å². The van der Waals surface area contributed by atoms with Crippen LogP contribution in [0.4, 0.5) is 0 Å². The number of carbonyl (C=O) groups is 1. The highest BCUT2D eigenvalue weighted by Gasteiger charge is 2.18. The Kier molecular flexibility index (Phi) is 4.87. The molecule has 0 bridgehead atoms. The van der Waals surface area contributed by atoms with E-state index in [9.17, 15) is 4.79 Å². The zero-order valence-corrected chi connectivity index (χ0v) is 12.5. The molecule has 1 amide bonds. The van der Waals surface area contributed by atoms with Gasteiger partial charge in [-0.05, 0) is 54.9 Å². The van der Waals surface area contributed by atoms with Gasteiger partial charge < -0.3 is 5.32 Å². The molecule has 1 unspecified atom stereocenters. The highest BCUT2D eigenvalue weighted by atomic mass is 35.5. The molecule has 3 heteroatoms. The molecule has 1 aliphatic carbocycles. The molecular weight excluding hydrogens is 258 g/mol. The number of hydrogen-bond donors (Lipinski definition) is 1. The van der Waals surface area contributed by atoms with Crippen LogP contribution in [0.15, 0.2) is 18.2 Å². The minimum absolute atomic E-state index is 0.0264. The molecule has 1 aromatic carbocycles. The Balaban J connectivity index is 2.07. The van der Waals surface area contributed by atoms with Crippen molar-refractivity contribution in [2.24, 2.45) is 5.92 Å². The van der Waals surface area contributed by atoms with Crippen LogP contribution in [-0.2, 0) is 12.8 Å². The zero-order chi connectivity index (χ0) is 13.8. The van der Waals surface area contributed by atoms with Crippen molar-refractivity contribution in [3.8, 4) is 0 Å². The fourth-order valence-corrected chi connectivity index (χ4v) is 2.89. The van der Waals surface area contributed by atoms with Crippen LogP contribution >= 0.6 is 11.6 Å². The first kappa shape index (κ1) is 14.4. The van der Waals surface area contributed by atoms with E-state index in [1.54, 1.807) is 0 Å². The zero-order valence-electron chi connectivity index (χ0n) is 11.7. The lowest BCUT2D eigenvalue weighted by molar-refractivity contribution is 0.0925. The number of nitrogens with one attached hydrogen (secondary N) is 1. The Morgan fingerprint density at radius 1 is 1.32 bits per heavy atom. The van der Waals surface area contributed by atoms with Gasteiger partial charge in [0.05, 0.1) is 0 Å². The molecule has 1 N–H and O–H groups in total. The van der Waals surface area contributed by atoms with Gasteiger partial charge in [-0.25, -0.2) is 0 Å². The summed E-state index contributed by atoms with van der Waals surface area (Å²) in [6, 6.07) is 6.24. The second kappa shape index (κ2) is 6.42. The van der Waals surface area contributed by atoms with Crippen LogP contribution in [0.2, 0.25) is 0 Å². The van der Waals surface area contributed by atoms with E-state index in [1.807, 2.05) is 6.07 Å². The molecule has 0 saturated carbocycles. The number of amides is 1. The van der Waals surface area contributed by atoms with E-state index in [-0.39, 0.29) is 11.9 Å². The molecule has 0 aromatic heterocycles. The summed E-state index contributed by atoms with van der Waals surface area (Å²) in [5.74, 6) is 1.00. The minimum atomic E-state index is 0.0264. The summed E-state index contributed by atoms with van der Waals surface area (Å²) in [6.07, 6.45) is 4.28. The topological polar surface area (TPSA) is 29.1 Å². The third-order valence-electron chi connectivity index (χ3n) is 3.90. The van der Waals surface area contributed by atoms with Gasteiger partial charge in [0.25, 0.3) is 5.91 Å². The first-order chi connectivity index (χ1) is 9.11. The Morgan fingerprint density at radius 3 is 2.74 bits per heavy atom. The molecule has 0 aliphatic heterocycles. The second-order valence-corrected chi connectivity index (χ2v) is 6.02. The standard InChI is InChI=1S/C16H22ClNO/c1-11(2)15(8-9-17)18-16(19)14-7-6-12-4-3-5-13(12)10-14/h6-7,10-11,15H,3-5,8-9H2,1-2H3,(H,18,19). The Bertz CT molecular complexity index is 456. The summed E-state index contributed by atoms with van der Waals surface area (Å²) in [7, 11) is 0. The molecule has 19 heavy (non-hydrogen) atoms. The number of halogens is 1. The van der Waals surface area contributed by atoms with Gasteiger partial charge in [0.15, 0.2) is 0 Å². The molecule has 0 spiro atoms. The summed E-state index contributed by atoms with van der Waals surface area (Å²) in [5.41, 5.74) is 3.52. The maximum Gasteiger partial charge on any atom is 0.251 e. The molecule has 1 aliphatic rings. The van der Waals surface area contributed by atoms with Crippen molar-refractivity contribution in [2.75, 3.05) is 5.88 Å². The predicted molar refractivity (Wildman–Crippen MR) is 79.9 cm³/mol. The van der Waals surface area contributed by atoms with Gasteiger partial charge in [-0.15, -0.1) is 11.6 Å². The number of rotatable bonds is 5. The predicted octanol–water partition coefficient (Wildman–Crippen LogP) is 3.56. The molecule has 104 valence electrons. The van der Waals surface area contributed by atoms with E-state index in [0.29, 0.717) is 11.8 Å². The Labute approximate surface area is 120 Å². The van der Waals surface area contributed by atoms with Crippen LogP contribution in [0.25, 0.3) is 0 Å². The molecule has 2 nitrogen and oxygen atoms in total. The minimum Gasteiger partial charge on any atom is -0.349 e. The van der Waals surface area contributed by atoms with Crippen molar-refractivity contribution in [3.05, 3.63) is 34.9 Å². The quantitative estimate of drug-likeness (QED) is 0.821. The van der Waals surface area contributed by atoms with Crippen molar-refractivity contribution in [1.82, 2.24) is 5.32 Å². The summed E-state index contributed by atoms with van der Waals surface area (Å²) in [4.78, 5) is 12.3. The summed E-state index contributed by atoms with van der Waals surface area (Å²) >= 11 is 5.80. The lowest BCUT2D eigenvalue weighted by atomic mass is 10.0. The normalized spacial score (nSPS) is 15.4. The molecule has 1 atom stereocenters. The molecule has 0 heterocycles. The van der Waals surface area contributed by atoms with Gasteiger partial charge in [0.1, 0.15) is 0 Å². The number of fused-ring (bicyclic) bond motifs is 1. The summed E-state index contributed by atoms with van der Waals surface area (Å²) in [5, 5.41) is 3.10. The van der Waals surface area contributed by atoms with Crippen LogP contribution in [0, 0.1) is 5.92 Å². The van der Waals surface area contributed by atoms with Crippen LogP contribution in [0.5, 0.6) is 0 Å². The van der Waals surface area contributed by atoms with Gasteiger partial charge in [0.2, 0.25) is 0 Å². The molecule has 0 fully saturated rings. The van der Waals surface area contributed by atoms with Crippen LogP contribution in [0.3, 0.4) is 0 Å². The van der Waals surface area contributed by atoms with Gasteiger partial charge in [0, 0.05) is 17.5 Å². The average Bonchev–Trinajstić information content (AvgIpc) is 2.85. The van der Waals surface area contributed by atoms with Crippen LogP contribution in [0.1, 0.15) is 48.2 Å². The first-order valence-corrected chi connectivity index (χ1v) is 7.64. The smallest absolute Gasteiger partial charge is 0.251 e. The van der Waals surface area contributed by atoms with E-state index in [4.69, 9.17) is 11.6 Å². The maximum atomic E-state index is 12.3. The van der Waals surface area contributed by atoms with E-state index in [1.165, 1.54) is 17.5 Å². The number of carbonyl (C=O) groups excluding carboxylic acids is 1. The van der Waals surface area contributed by atoms with Gasteiger partial charge in [-0.2, -0.15) is 0 Å². The van der Waals surface area contributed by atoms with Crippen molar-refractivity contribution < 1.29 is 4.79 Å². The number of hydrogen-bond acceptors (Lipinski definition) is 1. The molecule has 0 saturated heterocycles. The third kappa shape index (κ3) is 3.50. The van der Waals surface area contributed by atoms with Gasteiger partial charge in [-0.1, -0.05) is 19.9 Å². The maximum absolute atomic E-state index is 12.3. The monoisotopic (exact) mass is 279 g/mol. The van der Waals surface area contributed by atoms with E-state index in [0.717, 1.165) is 24.8 Å². The molecule has 0 radical (unpaired) electrons. The lowest BCUT2D eigenvalue weighted by Crippen LogP contribution is -2.38. The summed E-state index contributed by atoms with van der Waals surface area (Å²) < 4.78 is 0. The second-order valence-electron chi connectivity index (χ2n) is 5.64. The highest BCUT2D eigenvalue weighted by molar-refractivity contribution is 6.17. The van der Waals surface area contributed by atoms with Gasteiger partial charge in [-0.3, -0.25) is 4.79 Å². The number of benzene rings is 1. The van der Waals surface area contributed by atoms with Crippen molar-refractivity contribution in [2.45, 2.75) is 45.6 Å². The SMILES string of the molecule is CC(C)C(CCCl)NC(=O)c1ccc2c(c1)CCC2. The lowest BCUT2D eigenvalue weighted by Gasteiger charge is -2.21. The molecule has 1 aromatic rings. The molecule has 2 rings (SSSR count). The van der Waals surface area contributed by atoms with Crippen LogP contribution in [-0.4, -0.2) is 17.8 Å². The van der Waals surface area contributed by atoms with E-state index < -0.39 is 0 Å². The first-order valence-electron chi connectivity index (χ1n) is 7.10. The summed E-state index contributed by atoms with van der Waals surface area (Å²) in [6.45, 7) is 4.22. The highest BCUT2D eigenvalue weighted by Crippen LogP contribution is 2.23. The van der Waals surface area contributed by atoms with Crippen LogP contribution < -0.4 is 5.32 Å².